The molecule has 0 bridgehead atoms. The van der Waals surface area contributed by atoms with Crippen molar-refractivity contribution in [3.8, 4) is 5.75 Å². The van der Waals surface area contributed by atoms with E-state index in [-0.39, 0.29) is 10.9 Å². The van der Waals surface area contributed by atoms with Crippen LogP contribution >= 0.6 is 23.5 Å². The fourth-order valence-electron chi connectivity index (χ4n) is 3.55. The minimum Gasteiger partial charge on any atom is -0.406 e. The predicted octanol–water partition coefficient (Wildman–Crippen LogP) is 6.48. The molecule has 1 aliphatic rings. The Balaban J connectivity index is 1.68. The van der Waals surface area contributed by atoms with Crippen molar-refractivity contribution in [2.24, 2.45) is 0 Å². The number of alkyl halides is 3. The Labute approximate surface area is 209 Å². The number of aromatic nitrogens is 1. The number of amides is 1. The lowest BCUT2D eigenvalue weighted by Crippen LogP contribution is -2.21. The third-order valence-electron chi connectivity index (χ3n) is 5.10. The number of halogens is 4. The summed E-state index contributed by atoms with van der Waals surface area (Å²) in [5.41, 5.74) is 2.44. The van der Waals surface area contributed by atoms with Crippen LogP contribution in [0.15, 0.2) is 65.9 Å². The minimum atomic E-state index is -4.80. The van der Waals surface area contributed by atoms with Gasteiger partial charge in [-0.3, -0.25) is 8.77 Å². The number of anilines is 2. The molecule has 0 aliphatic carbocycles. The van der Waals surface area contributed by atoms with Crippen molar-refractivity contribution in [2.45, 2.75) is 6.36 Å². The van der Waals surface area contributed by atoms with Gasteiger partial charge in [0.2, 0.25) is 0 Å². The zero-order valence-electron chi connectivity index (χ0n) is 19.1. The molecule has 0 spiro atoms. The molecule has 0 fully saturated rings. The van der Waals surface area contributed by atoms with E-state index >= 15 is 0 Å². The molecule has 0 atom stereocenters. The molecule has 11 heteroatoms. The molecule has 0 radical (unpaired) electrons. The zero-order valence-corrected chi connectivity index (χ0v) is 20.6. The van der Waals surface area contributed by atoms with Gasteiger partial charge in [-0.2, -0.15) is 0 Å². The molecular weight excluding hydrogens is 501 g/mol. The topological polar surface area (TPSA) is 49.7 Å². The molecule has 4 rings (SSSR count). The second kappa shape index (κ2) is 9.79. The smallest absolute Gasteiger partial charge is 0.406 e. The number of benzene rings is 2. The van der Waals surface area contributed by atoms with Gasteiger partial charge in [-0.25, -0.2) is 0 Å². The van der Waals surface area contributed by atoms with Crippen molar-refractivity contribution >= 4 is 51.7 Å². The highest BCUT2D eigenvalue weighted by molar-refractivity contribution is 8.01. The van der Waals surface area contributed by atoms with E-state index in [1.807, 2.05) is 47.7 Å². The Morgan fingerprint density at radius 3 is 2.63 bits per heavy atom. The van der Waals surface area contributed by atoms with E-state index in [9.17, 15) is 18.0 Å². The van der Waals surface area contributed by atoms with Crippen molar-refractivity contribution in [1.29, 1.82) is 0 Å². The second-order valence-electron chi connectivity index (χ2n) is 8.10. The van der Waals surface area contributed by atoms with Gasteiger partial charge in [-0.15, -0.1) is 13.2 Å². The lowest BCUT2D eigenvalue weighted by molar-refractivity contribution is -0.274. The standard InChI is InChI=1S/C24H22ClF3N4O2S/c1-30(2)23(33)19-14-32(35-17-5-4-10-31(3)13-17)22-11-15(6-8-18(19)22)29-21-9-7-16(12-20(21)25)34-24(26,27)28/h4-12,14,29H,13H2,1-3H3. The highest BCUT2D eigenvalue weighted by atomic mass is 35.5. The number of likely N-dealkylation sites (N-methyl/N-ethyl adjacent to an activating group) is 1. The maximum absolute atomic E-state index is 12.8. The number of rotatable bonds is 6. The number of hydrogen-bond acceptors (Lipinski definition) is 5. The van der Waals surface area contributed by atoms with Crippen molar-refractivity contribution in [3.63, 3.8) is 0 Å². The number of nitrogens with zero attached hydrogens (tertiary/aromatic N) is 3. The maximum Gasteiger partial charge on any atom is 0.573 e. The molecular formula is C24H22ClF3N4O2S. The quantitative estimate of drug-likeness (QED) is 0.401. The minimum absolute atomic E-state index is 0.0715. The summed E-state index contributed by atoms with van der Waals surface area (Å²) in [6, 6.07) is 9.19. The lowest BCUT2D eigenvalue weighted by Gasteiger charge is -2.19. The normalized spacial score (nSPS) is 13.7. The van der Waals surface area contributed by atoms with Crippen LogP contribution in [0.5, 0.6) is 5.75 Å². The molecule has 0 unspecified atom stereocenters. The number of allylic oxidation sites excluding steroid dienone is 2. The zero-order chi connectivity index (χ0) is 25.3. The number of nitrogens with one attached hydrogen (secondary N) is 1. The van der Waals surface area contributed by atoms with E-state index in [1.165, 1.54) is 29.0 Å². The molecule has 1 N–H and O–H groups in total. The van der Waals surface area contributed by atoms with Crippen LogP contribution in [0.25, 0.3) is 10.9 Å². The molecule has 1 aromatic heterocycles. The van der Waals surface area contributed by atoms with Gasteiger partial charge in [-0.1, -0.05) is 11.6 Å². The lowest BCUT2D eigenvalue weighted by atomic mass is 10.1. The van der Waals surface area contributed by atoms with Crippen molar-refractivity contribution in [1.82, 2.24) is 13.8 Å². The first kappa shape index (κ1) is 24.9. The van der Waals surface area contributed by atoms with Gasteiger partial charge in [0.15, 0.2) is 0 Å². The van der Waals surface area contributed by atoms with Crippen LogP contribution in [0.4, 0.5) is 24.5 Å². The van der Waals surface area contributed by atoms with Crippen molar-refractivity contribution in [2.75, 3.05) is 33.0 Å². The van der Waals surface area contributed by atoms with E-state index in [1.54, 1.807) is 20.2 Å². The molecule has 35 heavy (non-hydrogen) atoms. The van der Waals surface area contributed by atoms with Crippen LogP contribution in [0.2, 0.25) is 5.02 Å². The Kier molecular flexibility index (Phi) is 6.95. The Hall–Kier alpha value is -3.24. The highest BCUT2D eigenvalue weighted by Crippen LogP contribution is 2.35. The van der Waals surface area contributed by atoms with Gasteiger partial charge in [-0.05, 0) is 60.6 Å². The van der Waals surface area contributed by atoms with Gasteiger partial charge in [0.05, 0.1) is 21.8 Å². The number of hydrogen-bond donors (Lipinski definition) is 1. The van der Waals surface area contributed by atoms with Gasteiger partial charge in [0, 0.05) is 55.9 Å². The molecule has 0 saturated heterocycles. The van der Waals surface area contributed by atoms with Crippen molar-refractivity contribution in [3.05, 3.63) is 76.4 Å². The summed E-state index contributed by atoms with van der Waals surface area (Å²) in [6.45, 7) is 0.734. The molecule has 6 nitrogen and oxygen atoms in total. The molecule has 0 saturated carbocycles. The van der Waals surface area contributed by atoms with Crippen LogP contribution in [0.3, 0.4) is 0 Å². The first-order valence-electron chi connectivity index (χ1n) is 10.5. The third kappa shape index (κ3) is 5.88. The third-order valence-corrected chi connectivity index (χ3v) is 6.42. The second-order valence-corrected chi connectivity index (χ2v) is 9.60. The molecule has 2 aromatic carbocycles. The number of carbonyl (C=O) groups excluding carboxylic acids is 1. The SMILES string of the molecule is CN1C=CC=C(Sn2cc(C(=O)N(C)C)c3ccc(Nc4ccc(OC(F)(F)F)cc4Cl)cc32)C1. The largest absolute Gasteiger partial charge is 0.573 e. The average Bonchev–Trinajstić information content (AvgIpc) is 3.11. The van der Waals surface area contributed by atoms with Gasteiger partial charge in [0.1, 0.15) is 5.75 Å². The number of carbonyl (C=O) groups is 1. The van der Waals surface area contributed by atoms with Crippen LogP contribution in [-0.2, 0) is 0 Å². The fraction of sp³-hybridized carbons (Fsp3) is 0.208. The van der Waals surface area contributed by atoms with Crippen molar-refractivity contribution < 1.29 is 22.7 Å². The first-order valence-corrected chi connectivity index (χ1v) is 11.6. The van der Waals surface area contributed by atoms with Crippen LogP contribution in [0.1, 0.15) is 10.4 Å². The highest BCUT2D eigenvalue weighted by Gasteiger charge is 2.31. The summed E-state index contributed by atoms with van der Waals surface area (Å²) < 4.78 is 43.3. The summed E-state index contributed by atoms with van der Waals surface area (Å²) in [5.74, 6) is -0.520. The van der Waals surface area contributed by atoms with Gasteiger partial charge < -0.3 is 19.9 Å². The van der Waals surface area contributed by atoms with E-state index < -0.39 is 12.1 Å². The van der Waals surface area contributed by atoms with E-state index in [0.717, 1.165) is 28.4 Å². The van der Waals surface area contributed by atoms with Gasteiger partial charge in [0.25, 0.3) is 5.91 Å². The van der Waals surface area contributed by atoms with E-state index in [2.05, 4.69) is 15.0 Å². The van der Waals surface area contributed by atoms with Gasteiger partial charge >= 0.3 is 6.36 Å². The molecule has 3 aromatic rings. The molecule has 1 aliphatic heterocycles. The Morgan fingerprint density at radius 2 is 1.97 bits per heavy atom. The van der Waals surface area contributed by atoms with E-state index in [0.29, 0.717) is 16.9 Å². The van der Waals surface area contributed by atoms with Crippen LogP contribution in [0, 0.1) is 0 Å². The number of ether oxygens (including phenoxy) is 1. The molecule has 184 valence electrons. The summed E-state index contributed by atoms with van der Waals surface area (Å²) in [4.78, 5) is 17.5. The summed E-state index contributed by atoms with van der Waals surface area (Å²) >= 11 is 7.70. The predicted molar refractivity (Wildman–Crippen MR) is 134 cm³/mol. The number of fused-ring (bicyclic) bond motifs is 1. The molecule has 2 heterocycles. The van der Waals surface area contributed by atoms with E-state index in [4.69, 9.17) is 11.6 Å². The monoisotopic (exact) mass is 522 g/mol. The first-order chi connectivity index (χ1) is 16.5. The van der Waals surface area contributed by atoms with Crippen LogP contribution < -0.4 is 10.1 Å². The van der Waals surface area contributed by atoms with Crippen LogP contribution in [-0.4, -0.2) is 53.7 Å². The Bertz CT molecular complexity index is 1330. The summed E-state index contributed by atoms with van der Waals surface area (Å²) in [7, 11) is 5.38. The summed E-state index contributed by atoms with van der Waals surface area (Å²) in [6.07, 6.45) is 2.99. The fourth-order valence-corrected chi connectivity index (χ4v) is 4.83. The Morgan fingerprint density at radius 1 is 1.20 bits per heavy atom. The molecule has 1 amide bonds. The average molecular weight is 523 g/mol. The summed E-state index contributed by atoms with van der Waals surface area (Å²) in [5, 5.41) is 3.98. The maximum atomic E-state index is 12.8.